The van der Waals surface area contributed by atoms with Gasteiger partial charge in [-0.2, -0.15) is 5.10 Å². The topological polar surface area (TPSA) is 62.6 Å². The zero-order chi connectivity index (χ0) is 21.9. The van der Waals surface area contributed by atoms with Crippen molar-refractivity contribution in [3.8, 4) is 0 Å². The first kappa shape index (κ1) is 22.2. The highest BCUT2D eigenvalue weighted by Crippen LogP contribution is 2.55. The summed E-state index contributed by atoms with van der Waals surface area (Å²) >= 11 is 2.48. The smallest absolute Gasteiger partial charge is 0.410 e. The van der Waals surface area contributed by atoms with Crippen LogP contribution in [-0.4, -0.2) is 64.6 Å². The molecule has 1 aromatic heterocycles. The van der Waals surface area contributed by atoms with Gasteiger partial charge in [-0.05, 0) is 76.5 Å². The molecule has 7 nitrogen and oxygen atoms in total. The van der Waals surface area contributed by atoms with E-state index >= 15 is 0 Å². The Bertz CT molecular complexity index is 818. The van der Waals surface area contributed by atoms with E-state index in [1.165, 1.54) is 9.26 Å². The van der Waals surface area contributed by atoms with E-state index in [0.29, 0.717) is 6.04 Å². The lowest BCUT2D eigenvalue weighted by molar-refractivity contribution is -0.0931. The Balaban J connectivity index is 1.42. The summed E-state index contributed by atoms with van der Waals surface area (Å²) in [5.41, 5.74) is 1.20. The van der Waals surface area contributed by atoms with Gasteiger partial charge in [0.2, 0.25) is 0 Å². The van der Waals surface area contributed by atoms with Gasteiger partial charge in [-0.25, -0.2) is 4.79 Å². The highest BCUT2D eigenvalue weighted by Gasteiger charge is 2.55. The Labute approximate surface area is 194 Å². The van der Waals surface area contributed by atoms with Crippen molar-refractivity contribution in [2.75, 3.05) is 37.6 Å². The van der Waals surface area contributed by atoms with Gasteiger partial charge in [-0.15, -0.1) is 0 Å². The van der Waals surface area contributed by atoms with Gasteiger partial charge in [0.15, 0.2) is 5.82 Å². The van der Waals surface area contributed by atoms with Gasteiger partial charge in [-0.3, -0.25) is 4.68 Å². The maximum atomic E-state index is 12.3. The quantitative estimate of drug-likeness (QED) is 0.602. The number of aromatic nitrogens is 2. The summed E-state index contributed by atoms with van der Waals surface area (Å²) < 4.78 is 9.05. The van der Waals surface area contributed by atoms with Gasteiger partial charge >= 0.3 is 6.09 Å². The fourth-order valence-corrected chi connectivity index (χ4v) is 5.84. The summed E-state index contributed by atoms with van der Waals surface area (Å²) in [6.45, 7) is 17.2. The molecule has 1 N–H and O–H groups in total. The molecule has 168 valence electrons. The number of anilines is 1. The molecule has 0 aromatic carbocycles. The zero-order valence-corrected chi connectivity index (χ0v) is 21.4. The van der Waals surface area contributed by atoms with E-state index in [1.54, 1.807) is 0 Å². The van der Waals surface area contributed by atoms with Gasteiger partial charge in [0.25, 0.3) is 0 Å². The highest BCUT2D eigenvalue weighted by atomic mass is 127. The molecular weight excluding hydrogens is 493 g/mol. The normalized spacial score (nSPS) is 26.5. The molecule has 2 saturated heterocycles. The number of carbonyl (C=O) groups excluding carboxylic acids is 1. The molecule has 0 bridgehead atoms. The summed E-state index contributed by atoms with van der Waals surface area (Å²) in [5.74, 6) is 1.14. The number of hydrogen-bond donors (Lipinski definition) is 1. The highest BCUT2D eigenvalue weighted by molar-refractivity contribution is 14.1. The van der Waals surface area contributed by atoms with Crippen molar-refractivity contribution in [1.82, 2.24) is 20.0 Å². The van der Waals surface area contributed by atoms with Gasteiger partial charge in [0, 0.05) is 38.1 Å². The number of hydrogen-bond acceptors (Lipinski definition) is 5. The number of amides is 1. The Kier molecular flexibility index (Phi) is 5.57. The van der Waals surface area contributed by atoms with Crippen LogP contribution in [0, 0.1) is 15.9 Å². The monoisotopic (exact) mass is 529 g/mol. The number of rotatable bonds is 3. The Morgan fingerprint density at radius 1 is 1.33 bits per heavy atom. The molecule has 1 atom stereocenters. The molecule has 3 fully saturated rings. The van der Waals surface area contributed by atoms with E-state index in [1.807, 2.05) is 25.7 Å². The van der Waals surface area contributed by atoms with Crippen LogP contribution < -0.4 is 10.2 Å². The van der Waals surface area contributed by atoms with Crippen molar-refractivity contribution in [2.24, 2.45) is 5.41 Å². The first-order chi connectivity index (χ1) is 14.0. The SMILES string of the molecule is CC[C@@]1(C)CNCCN1c1nn(C2CC3(C2)CN(C(=O)OC(C)(C)C)C3)c(C)c1I. The molecule has 1 aliphatic carbocycles. The van der Waals surface area contributed by atoms with Gasteiger partial charge < -0.3 is 19.9 Å². The van der Waals surface area contributed by atoms with Crippen LogP contribution in [0.4, 0.5) is 10.6 Å². The van der Waals surface area contributed by atoms with Crippen LogP contribution in [0.5, 0.6) is 0 Å². The number of piperazine rings is 1. The van der Waals surface area contributed by atoms with Crippen LogP contribution >= 0.6 is 22.6 Å². The van der Waals surface area contributed by atoms with Crippen molar-refractivity contribution >= 4 is 34.5 Å². The van der Waals surface area contributed by atoms with Crippen molar-refractivity contribution in [3.63, 3.8) is 0 Å². The first-order valence-corrected chi connectivity index (χ1v) is 12.3. The molecule has 8 heteroatoms. The van der Waals surface area contributed by atoms with Crippen molar-refractivity contribution < 1.29 is 9.53 Å². The van der Waals surface area contributed by atoms with Crippen molar-refractivity contribution in [1.29, 1.82) is 0 Å². The molecule has 0 unspecified atom stereocenters. The molecule has 4 rings (SSSR count). The summed E-state index contributed by atoms with van der Waals surface area (Å²) in [4.78, 5) is 16.6. The van der Waals surface area contributed by atoms with Gasteiger partial charge in [0.05, 0.1) is 20.8 Å². The molecule has 30 heavy (non-hydrogen) atoms. The minimum absolute atomic E-state index is 0.104. The minimum atomic E-state index is -0.432. The number of carbonyl (C=O) groups is 1. The second-order valence-corrected chi connectivity index (χ2v) is 11.8. The van der Waals surface area contributed by atoms with E-state index in [9.17, 15) is 4.79 Å². The third-order valence-electron chi connectivity index (χ3n) is 7.13. The molecule has 2 aliphatic heterocycles. The number of ether oxygens (including phenoxy) is 1. The van der Waals surface area contributed by atoms with Gasteiger partial charge in [-0.1, -0.05) is 6.92 Å². The second kappa shape index (κ2) is 7.53. The summed E-state index contributed by atoms with van der Waals surface area (Å²) in [6.07, 6.45) is 3.10. The Morgan fingerprint density at radius 3 is 2.60 bits per heavy atom. The molecule has 3 heterocycles. The fraction of sp³-hybridized carbons (Fsp3) is 0.818. The molecule has 1 spiro atoms. The van der Waals surface area contributed by atoms with Crippen LogP contribution in [0.2, 0.25) is 0 Å². The second-order valence-electron chi connectivity index (χ2n) is 10.7. The fourth-order valence-electron chi connectivity index (χ4n) is 5.19. The first-order valence-electron chi connectivity index (χ1n) is 11.2. The third-order valence-corrected chi connectivity index (χ3v) is 8.40. The van der Waals surface area contributed by atoms with Crippen LogP contribution in [0.1, 0.15) is 65.6 Å². The molecule has 1 amide bonds. The van der Waals surface area contributed by atoms with E-state index in [0.717, 1.165) is 57.8 Å². The maximum absolute atomic E-state index is 12.3. The number of nitrogens with one attached hydrogen (secondary N) is 1. The Morgan fingerprint density at radius 2 is 2.00 bits per heavy atom. The molecule has 3 aliphatic rings. The van der Waals surface area contributed by atoms with Crippen LogP contribution in [-0.2, 0) is 4.74 Å². The van der Waals surface area contributed by atoms with E-state index in [-0.39, 0.29) is 17.0 Å². The summed E-state index contributed by atoms with van der Waals surface area (Å²) in [5, 5.41) is 8.67. The average molecular weight is 529 g/mol. The maximum Gasteiger partial charge on any atom is 0.410 e. The largest absolute Gasteiger partial charge is 0.444 e. The van der Waals surface area contributed by atoms with Crippen LogP contribution in [0.25, 0.3) is 0 Å². The van der Waals surface area contributed by atoms with E-state index in [2.05, 4.69) is 58.3 Å². The van der Waals surface area contributed by atoms with Gasteiger partial charge in [0.1, 0.15) is 5.60 Å². The summed E-state index contributed by atoms with van der Waals surface area (Å²) in [6, 6.07) is 0.434. The van der Waals surface area contributed by atoms with Crippen molar-refractivity contribution in [3.05, 3.63) is 9.26 Å². The predicted molar refractivity (Wildman–Crippen MR) is 127 cm³/mol. The number of nitrogens with zero attached hydrogens (tertiary/aromatic N) is 4. The minimum Gasteiger partial charge on any atom is -0.444 e. The lowest BCUT2D eigenvalue weighted by Crippen LogP contribution is -2.64. The number of halogens is 1. The zero-order valence-electron chi connectivity index (χ0n) is 19.2. The lowest BCUT2D eigenvalue weighted by atomic mass is 9.61. The molecule has 1 aromatic rings. The molecule has 0 radical (unpaired) electrons. The van der Waals surface area contributed by atoms with E-state index < -0.39 is 5.60 Å². The third kappa shape index (κ3) is 3.82. The predicted octanol–water partition coefficient (Wildman–Crippen LogP) is 3.95. The van der Waals surface area contributed by atoms with E-state index in [4.69, 9.17) is 9.84 Å². The lowest BCUT2D eigenvalue weighted by Gasteiger charge is -2.58. The summed E-state index contributed by atoms with van der Waals surface area (Å²) in [7, 11) is 0. The van der Waals surface area contributed by atoms with Crippen LogP contribution in [0.3, 0.4) is 0 Å². The number of likely N-dealkylation sites (tertiary alicyclic amines) is 1. The average Bonchev–Trinajstić information content (AvgIpc) is 2.87. The standard InChI is InChI=1S/C22H36IN5O2/c1-7-21(6)12-24-8-9-27(21)18-17(23)15(2)28(25-18)16-10-22(11-16)13-26(14-22)19(29)30-20(3,4)5/h16,24H,7-14H2,1-6H3/t21-/m0/s1. The molecular formula is C22H36IN5O2. The van der Waals surface area contributed by atoms with Crippen LogP contribution in [0.15, 0.2) is 0 Å². The Hall–Kier alpha value is -1.03. The van der Waals surface area contributed by atoms with Crippen molar-refractivity contribution in [2.45, 2.75) is 78.0 Å². The molecule has 1 saturated carbocycles.